The Morgan fingerprint density at radius 2 is 2.09 bits per heavy atom. The van der Waals surface area contributed by atoms with E-state index in [0.29, 0.717) is 12.3 Å². The molecule has 0 amide bonds. The van der Waals surface area contributed by atoms with Gasteiger partial charge in [0.2, 0.25) is 0 Å². The molecule has 2 aliphatic rings. The van der Waals surface area contributed by atoms with Crippen molar-refractivity contribution < 1.29 is 4.79 Å². The molecule has 0 saturated carbocycles. The zero-order valence-corrected chi connectivity index (χ0v) is 13.8. The number of fused-ring (bicyclic) bond motifs is 3. The van der Waals surface area contributed by atoms with Crippen molar-refractivity contribution in [3.63, 3.8) is 0 Å². The molecule has 0 radical (unpaired) electrons. The normalized spacial score (nSPS) is 24.0. The number of Topliss-reactive ketones (excluding diaryl/α,β-unsaturated/α-hetero) is 1. The average Bonchev–Trinajstić information content (AvgIpc) is 2.72. The summed E-state index contributed by atoms with van der Waals surface area (Å²) in [6.45, 7) is 9.40. The van der Waals surface area contributed by atoms with Gasteiger partial charge in [0.1, 0.15) is 5.54 Å². The van der Waals surface area contributed by atoms with Gasteiger partial charge in [0.15, 0.2) is 5.78 Å². The van der Waals surface area contributed by atoms with E-state index in [1.54, 1.807) is 0 Å². The van der Waals surface area contributed by atoms with Crippen LogP contribution in [0.4, 0.5) is 5.69 Å². The Balaban J connectivity index is 1.92. The first-order valence-corrected chi connectivity index (χ1v) is 8.53. The quantitative estimate of drug-likeness (QED) is 0.898. The van der Waals surface area contributed by atoms with Crippen LogP contribution in [0.15, 0.2) is 24.3 Å². The van der Waals surface area contributed by atoms with E-state index >= 15 is 0 Å². The van der Waals surface area contributed by atoms with Crippen LogP contribution in [0, 0.1) is 0 Å². The maximum Gasteiger partial charge on any atom is 0.173 e. The highest BCUT2D eigenvalue weighted by Gasteiger charge is 2.49. The van der Waals surface area contributed by atoms with E-state index in [2.05, 4.69) is 53.2 Å². The third-order valence-electron chi connectivity index (χ3n) is 5.22. The van der Waals surface area contributed by atoms with Gasteiger partial charge in [0, 0.05) is 25.2 Å². The lowest BCUT2D eigenvalue weighted by atomic mass is 9.88. The Kier molecular flexibility index (Phi) is 4.50. The minimum absolute atomic E-state index is 0.363. The summed E-state index contributed by atoms with van der Waals surface area (Å²) in [6, 6.07) is 8.52. The summed E-state index contributed by atoms with van der Waals surface area (Å²) < 4.78 is 0. The van der Waals surface area contributed by atoms with Crippen molar-refractivity contribution in [2.45, 2.75) is 32.2 Å². The molecular formula is C18H27N3O. The number of nitrogens with zero attached hydrogens (tertiary/aromatic N) is 2. The number of hydrogen-bond donors (Lipinski definition) is 1. The van der Waals surface area contributed by atoms with Gasteiger partial charge in [0.05, 0.1) is 6.54 Å². The number of hydrogen-bond acceptors (Lipinski definition) is 4. The number of anilines is 1. The molecule has 1 unspecified atom stereocenters. The van der Waals surface area contributed by atoms with Gasteiger partial charge in [0.25, 0.3) is 0 Å². The monoisotopic (exact) mass is 301 g/mol. The smallest absolute Gasteiger partial charge is 0.173 e. The number of rotatable bonds is 5. The van der Waals surface area contributed by atoms with Crippen molar-refractivity contribution in [1.82, 2.24) is 10.2 Å². The lowest BCUT2D eigenvalue weighted by Gasteiger charge is -2.38. The molecule has 3 rings (SSSR count). The van der Waals surface area contributed by atoms with Crippen LogP contribution in [0.25, 0.3) is 0 Å². The van der Waals surface area contributed by atoms with Crippen LogP contribution in [0.5, 0.6) is 0 Å². The molecule has 0 aliphatic carbocycles. The molecule has 0 spiro atoms. The van der Waals surface area contributed by atoms with Gasteiger partial charge in [-0.1, -0.05) is 32.0 Å². The van der Waals surface area contributed by atoms with E-state index in [9.17, 15) is 4.79 Å². The average molecular weight is 301 g/mol. The Labute approximate surface area is 133 Å². The molecule has 1 atom stereocenters. The van der Waals surface area contributed by atoms with E-state index in [1.807, 2.05) is 0 Å². The van der Waals surface area contributed by atoms with E-state index in [-0.39, 0.29) is 5.54 Å². The Bertz CT molecular complexity index is 541. The summed E-state index contributed by atoms with van der Waals surface area (Å²) in [6.07, 6.45) is 1.94. The molecule has 0 bridgehead atoms. The van der Waals surface area contributed by atoms with Gasteiger partial charge in [-0.2, -0.15) is 0 Å². The largest absolute Gasteiger partial charge is 0.357 e. The highest BCUT2D eigenvalue weighted by Crippen LogP contribution is 2.40. The Morgan fingerprint density at radius 3 is 2.86 bits per heavy atom. The van der Waals surface area contributed by atoms with Crippen molar-refractivity contribution >= 4 is 11.5 Å². The molecule has 2 heterocycles. The fraction of sp³-hybridized carbons (Fsp3) is 0.611. The number of carbonyl (C=O) groups is 1. The SMILES string of the molecule is CCN(CC)CC(=O)C12CNCCCN1c1ccccc1C2. The van der Waals surface area contributed by atoms with Crippen molar-refractivity contribution in [3.05, 3.63) is 29.8 Å². The third-order valence-corrected chi connectivity index (χ3v) is 5.22. The second kappa shape index (κ2) is 6.39. The molecule has 1 fully saturated rings. The fourth-order valence-electron chi connectivity index (χ4n) is 3.86. The van der Waals surface area contributed by atoms with Gasteiger partial charge < -0.3 is 10.2 Å². The molecule has 1 aromatic carbocycles. The molecule has 1 N–H and O–H groups in total. The molecule has 120 valence electrons. The van der Waals surface area contributed by atoms with E-state index < -0.39 is 0 Å². The number of nitrogens with one attached hydrogen (secondary N) is 1. The van der Waals surface area contributed by atoms with Crippen molar-refractivity contribution in [2.75, 3.05) is 44.2 Å². The Hall–Kier alpha value is -1.39. The molecule has 4 heteroatoms. The molecule has 2 aliphatic heterocycles. The van der Waals surface area contributed by atoms with Crippen LogP contribution in [0.1, 0.15) is 25.8 Å². The van der Waals surface area contributed by atoms with Crippen LogP contribution in [-0.2, 0) is 11.2 Å². The molecule has 4 nitrogen and oxygen atoms in total. The zero-order valence-electron chi connectivity index (χ0n) is 13.8. The zero-order chi connectivity index (χ0) is 15.6. The number of ketones is 1. The Morgan fingerprint density at radius 1 is 1.32 bits per heavy atom. The minimum atomic E-state index is -0.386. The predicted molar refractivity (Wildman–Crippen MR) is 90.5 cm³/mol. The van der Waals surface area contributed by atoms with Crippen LogP contribution in [0.3, 0.4) is 0 Å². The van der Waals surface area contributed by atoms with Crippen LogP contribution >= 0.6 is 0 Å². The molecule has 1 aromatic rings. The van der Waals surface area contributed by atoms with Crippen LogP contribution in [0.2, 0.25) is 0 Å². The number of carbonyl (C=O) groups excluding carboxylic acids is 1. The lowest BCUT2D eigenvalue weighted by molar-refractivity contribution is -0.125. The van der Waals surface area contributed by atoms with Gasteiger partial charge >= 0.3 is 0 Å². The summed E-state index contributed by atoms with van der Waals surface area (Å²) in [5.41, 5.74) is 2.20. The topological polar surface area (TPSA) is 35.6 Å². The molecule has 0 aromatic heterocycles. The third kappa shape index (κ3) is 2.55. The minimum Gasteiger partial charge on any atom is -0.357 e. The first kappa shape index (κ1) is 15.5. The summed E-state index contributed by atoms with van der Waals surface area (Å²) in [7, 11) is 0. The van der Waals surface area contributed by atoms with Crippen molar-refractivity contribution in [2.24, 2.45) is 0 Å². The summed E-state index contributed by atoms with van der Waals surface area (Å²) >= 11 is 0. The van der Waals surface area contributed by atoms with Crippen molar-refractivity contribution in [1.29, 1.82) is 0 Å². The second-order valence-corrected chi connectivity index (χ2v) is 6.40. The van der Waals surface area contributed by atoms with Crippen molar-refractivity contribution in [3.8, 4) is 0 Å². The molecule has 1 saturated heterocycles. The maximum absolute atomic E-state index is 13.2. The maximum atomic E-state index is 13.2. The van der Waals surface area contributed by atoms with Crippen LogP contribution < -0.4 is 10.2 Å². The number of para-hydroxylation sites is 1. The molecular weight excluding hydrogens is 274 g/mol. The van der Waals surface area contributed by atoms with Gasteiger partial charge in [-0.15, -0.1) is 0 Å². The fourth-order valence-corrected chi connectivity index (χ4v) is 3.86. The first-order valence-electron chi connectivity index (χ1n) is 8.53. The summed E-state index contributed by atoms with van der Waals surface area (Å²) in [4.78, 5) is 17.8. The van der Waals surface area contributed by atoms with E-state index in [4.69, 9.17) is 0 Å². The summed E-state index contributed by atoms with van der Waals surface area (Å²) in [5, 5.41) is 3.50. The number of benzene rings is 1. The van der Waals surface area contributed by atoms with E-state index in [0.717, 1.165) is 45.6 Å². The lowest BCUT2D eigenvalue weighted by Crippen LogP contribution is -2.60. The highest BCUT2D eigenvalue weighted by molar-refractivity contribution is 5.96. The van der Waals surface area contributed by atoms with Gasteiger partial charge in [-0.25, -0.2) is 0 Å². The second-order valence-electron chi connectivity index (χ2n) is 6.40. The predicted octanol–water partition coefficient (Wildman–Crippen LogP) is 1.69. The first-order chi connectivity index (χ1) is 10.7. The standard InChI is InChI=1S/C18H27N3O/c1-3-20(4-2)13-17(22)18-12-15-8-5-6-9-16(15)21(18)11-7-10-19-14-18/h5-6,8-9,19H,3-4,7,10-14H2,1-2H3. The molecule has 22 heavy (non-hydrogen) atoms. The van der Waals surface area contributed by atoms with Gasteiger partial charge in [-0.05, 0) is 37.7 Å². The number of likely N-dealkylation sites (N-methyl/N-ethyl adjacent to an activating group) is 1. The van der Waals surface area contributed by atoms with E-state index in [1.165, 1.54) is 11.3 Å². The van der Waals surface area contributed by atoms with Gasteiger partial charge in [-0.3, -0.25) is 9.69 Å². The van der Waals surface area contributed by atoms with Crippen LogP contribution in [-0.4, -0.2) is 55.5 Å². The highest BCUT2D eigenvalue weighted by atomic mass is 16.1. The summed E-state index contributed by atoms with van der Waals surface area (Å²) in [5.74, 6) is 0.363.